The summed E-state index contributed by atoms with van der Waals surface area (Å²) in [4.78, 5) is 15.9. The largest absolute Gasteiger partial charge is 0.439 e. The molecule has 1 amide bonds. The number of carbonyl (C=O) groups excluding carboxylic acids is 1. The standard InChI is InChI=1S/C17H20N2O2/c1-3-13(2)17(20)19-12-14-9-10-16(18-11-14)21-15-7-5-4-6-8-15/h4-11,13H,3,12H2,1-2H3,(H,19,20). The van der Waals surface area contributed by atoms with Crippen LogP contribution >= 0.6 is 0 Å². The van der Waals surface area contributed by atoms with E-state index in [0.29, 0.717) is 12.4 Å². The van der Waals surface area contributed by atoms with Gasteiger partial charge in [-0.3, -0.25) is 4.79 Å². The first kappa shape index (κ1) is 15.0. The summed E-state index contributed by atoms with van der Waals surface area (Å²) >= 11 is 0. The van der Waals surface area contributed by atoms with Crippen molar-refractivity contribution in [3.05, 3.63) is 54.2 Å². The quantitative estimate of drug-likeness (QED) is 0.882. The van der Waals surface area contributed by atoms with E-state index in [1.54, 1.807) is 12.3 Å². The van der Waals surface area contributed by atoms with Crippen molar-refractivity contribution < 1.29 is 9.53 Å². The van der Waals surface area contributed by atoms with Gasteiger partial charge in [-0.05, 0) is 24.1 Å². The predicted octanol–water partition coefficient (Wildman–Crippen LogP) is 3.54. The molecule has 0 aliphatic heterocycles. The molecule has 4 nitrogen and oxygen atoms in total. The highest BCUT2D eigenvalue weighted by molar-refractivity contribution is 5.78. The Morgan fingerprint density at radius 2 is 2.00 bits per heavy atom. The number of para-hydroxylation sites is 1. The van der Waals surface area contributed by atoms with Gasteiger partial charge in [-0.1, -0.05) is 38.1 Å². The number of pyridine rings is 1. The maximum Gasteiger partial charge on any atom is 0.223 e. The second kappa shape index (κ2) is 7.43. The summed E-state index contributed by atoms with van der Waals surface area (Å²) in [5, 5.41) is 2.90. The van der Waals surface area contributed by atoms with Crippen LogP contribution in [0.25, 0.3) is 0 Å². The zero-order valence-corrected chi connectivity index (χ0v) is 12.4. The van der Waals surface area contributed by atoms with Crippen LogP contribution in [0.15, 0.2) is 48.7 Å². The first-order valence-electron chi connectivity index (χ1n) is 7.14. The van der Waals surface area contributed by atoms with E-state index >= 15 is 0 Å². The van der Waals surface area contributed by atoms with E-state index in [-0.39, 0.29) is 11.8 Å². The summed E-state index contributed by atoms with van der Waals surface area (Å²) in [6, 6.07) is 13.2. The minimum absolute atomic E-state index is 0.0404. The Morgan fingerprint density at radius 3 is 2.62 bits per heavy atom. The normalized spacial score (nSPS) is 11.7. The van der Waals surface area contributed by atoms with Gasteiger partial charge in [0.05, 0.1) is 0 Å². The SMILES string of the molecule is CCC(C)C(=O)NCc1ccc(Oc2ccccc2)nc1. The van der Waals surface area contributed by atoms with E-state index < -0.39 is 0 Å². The molecule has 0 fully saturated rings. The summed E-state index contributed by atoms with van der Waals surface area (Å²) in [5.41, 5.74) is 0.951. The Balaban J connectivity index is 1.89. The lowest BCUT2D eigenvalue weighted by molar-refractivity contribution is -0.124. The Kier molecular flexibility index (Phi) is 5.32. The minimum atomic E-state index is 0.0404. The molecule has 0 spiro atoms. The number of hydrogen-bond donors (Lipinski definition) is 1. The third kappa shape index (κ3) is 4.60. The van der Waals surface area contributed by atoms with Crippen molar-refractivity contribution in [1.29, 1.82) is 0 Å². The Labute approximate surface area is 125 Å². The van der Waals surface area contributed by atoms with Gasteiger partial charge in [-0.15, -0.1) is 0 Å². The number of carbonyl (C=O) groups is 1. The summed E-state index contributed by atoms with van der Waals surface area (Å²) in [6.07, 6.45) is 2.56. The molecule has 4 heteroatoms. The molecule has 110 valence electrons. The molecule has 0 radical (unpaired) electrons. The van der Waals surface area contributed by atoms with Gasteiger partial charge < -0.3 is 10.1 Å². The molecule has 0 saturated carbocycles. The molecule has 1 aromatic carbocycles. The molecule has 1 aromatic heterocycles. The third-order valence-electron chi connectivity index (χ3n) is 3.29. The van der Waals surface area contributed by atoms with Crippen LogP contribution < -0.4 is 10.1 Å². The molecule has 0 aliphatic carbocycles. The van der Waals surface area contributed by atoms with E-state index in [2.05, 4.69) is 10.3 Å². The maximum atomic E-state index is 11.7. The molecular weight excluding hydrogens is 264 g/mol. The third-order valence-corrected chi connectivity index (χ3v) is 3.29. The van der Waals surface area contributed by atoms with Crippen molar-refractivity contribution in [3.8, 4) is 11.6 Å². The molecular formula is C17H20N2O2. The monoisotopic (exact) mass is 284 g/mol. The summed E-state index contributed by atoms with van der Waals surface area (Å²) in [7, 11) is 0. The number of nitrogens with one attached hydrogen (secondary N) is 1. The van der Waals surface area contributed by atoms with E-state index in [4.69, 9.17) is 4.74 Å². The fourth-order valence-corrected chi connectivity index (χ4v) is 1.73. The Hall–Kier alpha value is -2.36. The van der Waals surface area contributed by atoms with Crippen LogP contribution in [0.4, 0.5) is 0 Å². The lowest BCUT2D eigenvalue weighted by atomic mass is 10.1. The van der Waals surface area contributed by atoms with Crippen molar-refractivity contribution in [1.82, 2.24) is 10.3 Å². The number of hydrogen-bond acceptors (Lipinski definition) is 3. The fraction of sp³-hybridized carbons (Fsp3) is 0.294. The van der Waals surface area contributed by atoms with Crippen molar-refractivity contribution in [2.24, 2.45) is 5.92 Å². The number of aromatic nitrogens is 1. The first-order valence-corrected chi connectivity index (χ1v) is 7.14. The van der Waals surface area contributed by atoms with Crippen molar-refractivity contribution in [2.75, 3.05) is 0 Å². The van der Waals surface area contributed by atoms with Gasteiger partial charge in [0.15, 0.2) is 0 Å². The van der Waals surface area contributed by atoms with Crippen molar-refractivity contribution in [3.63, 3.8) is 0 Å². The fourth-order valence-electron chi connectivity index (χ4n) is 1.73. The number of amides is 1. The lowest BCUT2D eigenvalue weighted by Crippen LogP contribution is -2.28. The van der Waals surface area contributed by atoms with Crippen LogP contribution in [0.1, 0.15) is 25.8 Å². The molecule has 0 bridgehead atoms. The minimum Gasteiger partial charge on any atom is -0.439 e. The van der Waals surface area contributed by atoms with E-state index in [1.807, 2.05) is 50.2 Å². The zero-order valence-electron chi connectivity index (χ0n) is 12.4. The molecule has 2 rings (SSSR count). The van der Waals surface area contributed by atoms with Crippen molar-refractivity contribution in [2.45, 2.75) is 26.8 Å². The average molecular weight is 284 g/mol. The highest BCUT2D eigenvalue weighted by atomic mass is 16.5. The maximum absolute atomic E-state index is 11.7. The van der Waals surface area contributed by atoms with Gasteiger partial charge in [0.2, 0.25) is 11.8 Å². The van der Waals surface area contributed by atoms with Crippen LogP contribution in [0.2, 0.25) is 0 Å². The first-order chi connectivity index (χ1) is 10.2. The van der Waals surface area contributed by atoms with Gasteiger partial charge >= 0.3 is 0 Å². The second-order valence-corrected chi connectivity index (χ2v) is 4.95. The molecule has 2 aromatic rings. The molecule has 1 heterocycles. The predicted molar refractivity (Wildman–Crippen MR) is 82.1 cm³/mol. The van der Waals surface area contributed by atoms with Crippen LogP contribution in [0, 0.1) is 5.92 Å². The van der Waals surface area contributed by atoms with Crippen molar-refractivity contribution >= 4 is 5.91 Å². The Morgan fingerprint density at radius 1 is 1.24 bits per heavy atom. The van der Waals surface area contributed by atoms with E-state index in [9.17, 15) is 4.79 Å². The lowest BCUT2D eigenvalue weighted by Gasteiger charge is -2.10. The highest BCUT2D eigenvalue weighted by Gasteiger charge is 2.09. The highest BCUT2D eigenvalue weighted by Crippen LogP contribution is 2.18. The van der Waals surface area contributed by atoms with Crippen LogP contribution in [-0.4, -0.2) is 10.9 Å². The second-order valence-electron chi connectivity index (χ2n) is 4.95. The summed E-state index contributed by atoms with van der Waals surface area (Å²) in [6.45, 7) is 4.41. The topological polar surface area (TPSA) is 51.2 Å². The van der Waals surface area contributed by atoms with E-state index in [0.717, 1.165) is 17.7 Å². The van der Waals surface area contributed by atoms with Crippen LogP contribution in [0.5, 0.6) is 11.6 Å². The molecule has 1 N–H and O–H groups in total. The molecule has 0 aliphatic rings. The average Bonchev–Trinajstić information content (AvgIpc) is 2.54. The van der Waals surface area contributed by atoms with E-state index in [1.165, 1.54) is 0 Å². The van der Waals surface area contributed by atoms with Crippen LogP contribution in [0.3, 0.4) is 0 Å². The Bertz CT molecular complexity index is 567. The zero-order chi connectivity index (χ0) is 15.1. The molecule has 21 heavy (non-hydrogen) atoms. The van der Waals surface area contributed by atoms with Gasteiger partial charge in [0.1, 0.15) is 5.75 Å². The van der Waals surface area contributed by atoms with Gasteiger partial charge in [0, 0.05) is 24.7 Å². The number of benzene rings is 1. The summed E-state index contributed by atoms with van der Waals surface area (Å²) in [5.74, 6) is 1.40. The van der Waals surface area contributed by atoms with Gasteiger partial charge in [-0.2, -0.15) is 0 Å². The van der Waals surface area contributed by atoms with Gasteiger partial charge in [-0.25, -0.2) is 4.98 Å². The molecule has 1 atom stereocenters. The summed E-state index contributed by atoms with van der Waals surface area (Å²) < 4.78 is 5.62. The smallest absolute Gasteiger partial charge is 0.223 e. The molecule has 0 saturated heterocycles. The number of nitrogens with zero attached hydrogens (tertiary/aromatic N) is 1. The van der Waals surface area contributed by atoms with Crippen LogP contribution in [-0.2, 0) is 11.3 Å². The molecule has 1 unspecified atom stereocenters. The number of ether oxygens (including phenoxy) is 1. The van der Waals surface area contributed by atoms with Gasteiger partial charge in [0.25, 0.3) is 0 Å². The number of rotatable bonds is 6.